The summed E-state index contributed by atoms with van der Waals surface area (Å²) in [5, 5.41) is 13.4. The Balaban J connectivity index is 1.68. The minimum absolute atomic E-state index is 0.122. The number of benzene rings is 2. The fourth-order valence-electron chi connectivity index (χ4n) is 4.24. The molecule has 2 aromatic rings. The van der Waals surface area contributed by atoms with Gasteiger partial charge in [-0.25, -0.2) is 0 Å². The highest BCUT2D eigenvalue weighted by atomic mass is 35.5. The van der Waals surface area contributed by atoms with Crippen LogP contribution in [0.15, 0.2) is 30.3 Å². The molecule has 0 aromatic heterocycles. The van der Waals surface area contributed by atoms with E-state index in [2.05, 4.69) is 18.3 Å². The van der Waals surface area contributed by atoms with Gasteiger partial charge in [0.15, 0.2) is 11.9 Å². The molecule has 0 fully saturated rings. The van der Waals surface area contributed by atoms with Crippen molar-refractivity contribution in [2.24, 2.45) is 0 Å². The van der Waals surface area contributed by atoms with E-state index >= 15 is 0 Å². The second kappa shape index (κ2) is 16.8. The fourth-order valence-corrected chi connectivity index (χ4v) is 4.69. The van der Waals surface area contributed by atoms with Gasteiger partial charge >= 0.3 is 0 Å². The third-order valence-electron chi connectivity index (χ3n) is 6.58. The van der Waals surface area contributed by atoms with Gasteiger partial charge in [0, 0.05) is 5.02 Å². The Morgan fingerprint density at radius 3 is 2.14 bits per heavy atom. The van der Waals surface area contributed by atoms with Crippen LogP contribution in [-0.4, -0.2) is 17.1 Å². The number of aryl methyl sites for hydroxylation is 1. The number of hydrogen-bond donors (Lipinski definition) is 2. The molecule has 0 saturated heterocycles. The van der Waals surface area contributed by atoms with Crippen LogP contribution in [0.2, 0.25) is 10.0 Å². The van der Waals surface area contributed by atoms with Crippen LogP contribution in [0.1, 0.15) is 102 Å². The number of phenolic OH excluding ortho intramolecular Hbond substituents is 1. The lowest BCUT2D eigenvalue weighted by Gasteiger charge is -2.17. The molecule has 2 rings (SSSR count). The average Bonchev–Trinajstić information content (AvgIpc) is 2.86. The number of phenols is 1. The summed E-state index contributed by atoms with van der Waals surface area (Å²) in [6, 6.07) is 9.40. The highest BCUT2D eigenvalue weighted by Crippen LogP contribution is 2.38. The molecule has 1 atom stereocenters. The minimum Gasteiger partial charge on any atom is -0.504 e. The van der Waals surface area contributed by atoms with E-state index in [9.17, 15) is 9.90 Å². The molecule has 0 heterocycles. The van der Waals surface area contributed by atoms with Crippen molar-refractivity contribution in [1.82, 2.24) is 0 Å². The number of rotatable bonds is 17. The van der Waals surface area contributed by atoms with Gasteiger partial charge in [0.2, 0.25) is 0 Å². The van der Waals surface area contributed by atoms with Crippen molar-refractivity contribution in [2.45, 2.75) is 110 Å². The normalized spacial score (nSPS) is 11.9. The Morgan fingerprint density at radius 1 is 0.944 bits per heavy atom. The molecule has 4 nitrogen and oxygen atoms in total. The van der Waals surface area contributed by atoms with Crippen LogP contribution in [0, 0.1) is 6.92 Å². The van der Waals surface area contributed by atoms with Crippen molar-refractivity contribution in [3.63, 3.8) is 0 Å². The summed E-state index contributed by atoms with van der Waals surface area (Å²) in [5.74, 6) is 0.0504. The number of anilines is 1. The first kappa shape index (κ1) is 30.3. The lowest BCUT2D eigenvalue weighted by atomic mass is 10.0. The average molecular weight is 537 g/mol. The van der Waals surface area contributed by atoms with Gasteiger partial charge in [-0.1, -0.05) is 113 Å². The van der Waals surface area contributed by atoms with Gasteiger partial charge in [-0.3, -0.25) is 4.79 Å². The first-order valence-electron chi connectivity index (χ1n) is 13.6. The summed E-state index contributed by atoms with van der Waals surface area (Å²) in [4.78, 5) is 12.6. The summed E-state index contributed by atoms with van der Waals surface area (Å²) >= 11 is 12.2. The number of amides is 1. The van der Waals surface area contributed by atoms with Crippen LogP contribution in [0.25, 0.3) is 0 Å². The molecule has 0 aliphatic rings. The SMILES string of the molecule is CCCCCCCCCCCCCCc1cccc(OC(C)C(=O)Nc2cc(Cl)c(C)c(Cl)c2O)c1. The third-order valence-corrected chi connectivity index (χ3v) is 7.43. The second-order valence-corrected chi connectivity index (χ2v) is 10.5. The zero-order valence-electron chi connectivity index (χ0n) is 22.2. The number of aromatic hydroxyl groups is 1. The van der Waals surface area contributed by atoms with E-state index in [0.717, 1.165) is 12.8 Å². The maximum absolute atomic E-state index is 12.6. The Kier molecular flexibility index (Phi) is 14.1. The number of halogens is 2. The molecule has 0 bridgehead atoms. The quantitative estimate of drug-likeness (QED) is 0.156. The van der Waals surface area contributed by atoms with Gasteiger partial charge in [-0.05, 0) is 56.0 Å². The summed E-state index contributed by atoms with van der Waals surface area (Å²) in [5.41, 5.74) is 1.93. The van der Waals surface area contributed by atoms with E-state index in [1.165, 1.54) is 82.3 Å². The van der Waals surface area contributed by atoms with Gasteiger partial charge in [0.05, 0.1) is 10.7 Å². The van der Waals surface area contributed by atoms with Crippen LogP contribution in [-0.2, 0) is 11.2 Å². The fraction of sp³-hybridized carbons (Fsp3) is 0.567. The number of ether oxygens (including phenoxy) is 1. The predicted molar refractivity (Wildman–Crippen MR) is 153 cm³/mol. The zero-order chi connectivity index (χ0) is 26.3. The molecule has 36 heavy (non-hydrogen) atoms. The molecule has 0 aliphatic carbocycles. The molecule has 200 valence electrons. The van der Waals surface area contributed by atoms with Gasteiger partial charge in [0.1, 0.15) is 5.75 Å². The van der Waals surface area contributed by atoms with E-state index in [1.54, 1.807) is 13.8 Å². The highest BCUT2D eigenvalue weighted by molar-refractivity contribution is 6.37. The largest absolute Gasteiger partial charge is 0.504 e. The second-order valence-electron chi connectivity index (χ2n) is 9.73. The van der Waals surface area contributed by atoms with Gasteiger partial charge < -0.3 is 15.2 Å². The summed E-state index contributed by atoms with van der Waals surface area (Å²) < 4.78 is 5.87. The Hall–Kier alpha value is -1.91. The molecule has 1 unspecified atom stereocenters. The molecular weight excluding hydrogens is 493 g/mol. The Morgan fingerprint density at radius 2 is 1.53 bits per heavy atom. The monoisotopic (exact) mass is 535 g/mol. The topological polar surface area (TPSA) is 58.6 Å². The molecule has 1 amide bonds. The molecule has 0 spiro atoms. The van der Waals surface area contributed by atoms with E-state index in [0.29, 0.717) is 16.3 Å². The summed E-state index contributed by atoms with van der Waals surface area (Å²) in [7, 11) is 0. The maximum Gasteiger partial charge on any atom is 0.265 e. The maximum atomic E-state index is 12.6. The predicted octanol–water partition coefficient (Wildman–Crippen LogP) is 9.66. The van der Waals surface area contributed by atoms with Crippen molar-refractivity contribution >= 4 is 34.8 Å². The zero-order valence-corrected chi connectivity index (χ0v) is 23.7. The molecule has 0 aliphatic heterocycles. The Bertz CT molecular complexity index is 948. The van der Waals surface area contributed by atoms with E-state index in [4.69, 9.17) is 27.9 Å². The number of unbranched alkanes of at least 4 members (excludes halogenated alkanes) is 11. The van der Waals surface area contributed by atoms with E-state index in [1.807, 2.05) is 18.2 Å². The number of nitrogens with one attached hydrogen (secondary N) is 1. The summed E-state index contributed by atoms with van der Waals surface area (Å²) in [6.07, 6.45) is 16.3. The van der Waals surface area contributed by atoms with Crippen LogP contribution in [0.3, 0.4) is 0 Å². The van der Waals surface area contributed by atoms with Gasteiger partial charge in [-0.15, -0.1) is 0 Å². The van der Waals surface area contributed by atoms with Crippen LogP contribution < -0.4 is 10.1 Å². The smallest absolute Gasteiger partial charge is 0.265 e. The first-order chi connectivity index (χ1) is 17.3. The van der Waals surface area contributed by atoms with Gasteiger partial charge in [0.25, 0.3) is 5.91 Å². The Labute approximate surface area is 227 Å². The van der Waals surface area contributed by atoms with Crippen molar-refractivity contribution in [3.05, 3.63) is 51.5 Å². The van der Waals surface area contributed by atoms with E-state index in [-0.39, 0.29) is 16.5 Å². The molecular formula is C30H43Cl2NO3. The van der Waals surface area contributed by atoms with Crippen LogP contribution in [0.4, 0.5) is 5.69 Å². The highest BCUT2D eigenvalue weighted by Gasteiger charge is 2.19. The molecule has 2 N–H and O–H groups in total. The lowest BCUT2D eigenvalue weighted by Crippen LogP contribution is -2.30. The first-order valence-corrected chi connectivity index (χ1v) is 14.3. The molecule has 0 saturated carbocycles. The lowest BCUT2D eigenvalue weighted by molar-refractivity contribution is -0.122. The third kappa shape index (κ3) is 10.6. The number of carbonyl (C=O) groups excluding carboxylic acids is 1. The molecule has 2 aromatic carbocycles. The van der Waals surface area contributed by atoms with Crippen molar-refractivity contribution in [3.8, 4) is 11.5 Å². The standard InChI is InChI=1S/C30H43Cl2NO3/c1-4-5-6-7-8-9-10-11-12-13-14-15-17-24-18-16-19-25(20-24)36-23(3)30(35)33-27-21-26(31)22(2)28(32)29(27)34/h16,18-21,23,34H,4-15,17H2,1-3H3,(H,33,35). The summed E-state index contributed by atoms with van der Waals surface area (Å²) in [6.45, 7) is 5.63. The minimum atomic E-state index is -0.759. The van der Waals surface area contributed by atoms with Crippen molar-refractivity contribution < 1.29 is 14.6 Å². The van der Waals surface area contributed by atoms with Crippen molar-refractivity contribution in [2.75, 3.05) is 5.32 Å². The van der Waals surface area contributed by atoms with Crippen LogP contribution >= 0.6 is 23.2 Å². The molecule has 0 radical (unpaired) electrons. The number of carbonyl (C=O) groups is 1. The molecule has 6 heteroatoms. The van der Waals surface area contributed by atoms with Crippen molar-refractivity contribution in [1.29, 1.82) is 0 Å². The number of hydrogen-bond acceptors (Lipinski definition) is 3. The van der Waals surface area contributed by atoms with Crippen LogP contribution in [0.5, 0.6) is 11.5 Å². The van der Waals surface area contributed by atoms with Gasteiger partial charge in [-0.2, -0.15) is 0 Å². The van der Waals surface area contributed by atoms with E-state index < -0.39 is 12.0 Å².